The Morgan fingerprint density at radius 1 is 0.548 bits per heavy atom. The van der Waals surface area contributed by atoms with Gasteiger partial charge >= 0.3 is 5.97 Å². The molecular formula is C28H54O3. The van der Waals surface area contributed by atoms with Crippen molar-refractivity contribution < 1.29 is 14.3 Å². The SMILES string of the molecule is CCCCCCCCCCCCCCCCCCCCCC(=O)CC(=O)OC(C)(C)C. The van der Waals surface area contributed by atoms with E-state index in [2.05, 4.69) is 6.92 Å². The normalized spacial score (nSPS) is 11.6. The van der Waals surface area contributed by atoms with Crippen molar-refractivity contribution >= 4 is 11.8 Å². The highest BCUT2D eigenvalue weighted by Crippen LogP contribution is 2.15. The molecule has 0 N–H and O–H groups in total. The molecule has 31 heavy (non-hydrogen) atoms. The van der Waals surface area contributed by atoms with Crippen LogP contribution in [0.2, 0.25) is 0 Å². The number of esters is 1. The van der Waals surface area contributed by atoms with Crippen LogP contribution >= 0.6 is 0 Å². The highest BCUT2D eigenvalue weighted by molar-refractivity contribution is 5.95. The smallest absolute Gasteiger partial charge is 0.313 e. The molecule has 0 radical (unpaired) electrons. The van der Waals surface area contributed by atoms with Crippen LogP contribution in [0.5, 0.6) is 0 Å². The first kappa shape index (κ1) is 30.1. The molecule has 0 heterocycles. The van der Waals surface area contributed by atoms with Gasteiger partial charge in [-0.05, 0) is 27.2 Å². The predicted molar refractivity (Wildman–Crippen MR) is 133 cm³/mol. The predicted octanol–water partition coefficient (Wildman–Crippen LogP) is 9.11. The number of ether oxygens (including phenoxy) is 1. The summed E-state index contributed by atoms with van der Waals surface area (Å²) < 4.78 is 5.19. The molecule has 0 saturated carbocycles. The van der Waals surface area contributed by atoms with Crippen LogP contribution < -0.4 is 0 Å². The number of Topliss-reactive ketones (excluding diaryl/α,β-unsaturated/α-hetero) is 1. The van der Waals surface area contributed by atoms with E-state index >= 15 is 0 Å². The summed E-state index contributed by atoms with van der Waals surface area (Å²) in [5.74, 6) is -0.378. The van der Waals surface area contributed by atoms with Gasteiger partial charge in [0.15, 0.2) is 0 Å². The monoisotopic (exact) mass is 438 g/mol. The molecule has 0 aromatic carbocycles. The lowest BCUT2D eigenvalue weighted by Crippen LogP contribution is -2.25. The third-order valence-corrected chi connectivity index (χ3v) is 5.82. The molecule has 0 amide bonds. The largest absolute Gasteiger partial charge is 0.460 e. The summed E-state index contributed by atoms with van der Waals surface area (Å²) in [5, 5.41) is 0. The molecule has 184 valence electrons. The van der Waals surface area contributed by atoms with Crippen molar-refractivity contribution in [2.75, 3.05) is 0 Å². The summed E-state index contributed by atoms with van der Waals surface area (Å²) in [7, 11) is 0. The number of carbonyl (C=O) groups excluding carboxylic acids is 2. The van der Waals surface area contributed by atoms with Crippen LogP contribution in [0.3, 0.4) is 0 Å². The molecule has 0 saturated heterocycles. The molecule has 0 unspecified atom stereocenters. The van der Waals surface area contributed by atoms with Gasteiger partial charge in [-0.1, -0.05) is 122 Å². The van der Waals surface area contributed by atoms with Crippen LogP contribution in [0.4, 0.5) is 0 Å². The third-order valence-electron chi connectivity index (χ3n) is 5.82. The number of hydrogen-bond donors (Lipinski definition) is 0. The second-order valence-corrected chi connectivity index (χ2v) is 10.4. The first-order chi connectivity index (χ1) is 14.8. The summed E-state index contributed by atoms with van der Waals surface area (Å²) in [6.45, 7) is 7.76. The van der Waals surface area contributed by atoms with Gasteiger partial charge < -0.3 is 4.74 Å². The average Bonchev–Trinajstić information content (AvgIpc) is 2.68. The third kappa shape index (κ3) is 25.3. The zero-order chi connectivity index (χ0) is 23.2. The number of unbranched alkanes of at least 4 members (excludes halogenated alkanes) is 18. The fourth-order valence-electron chi connectivity index (χ4n) is 4.03. The second-order valence-electron chi connectivity index (χ2n) is 10.4. The van der Waals surface area contributed by atoms with Crippen molar-refractivity contribution in [1.82, 2.24) is 0 Å². The van der Waals surface area contributed by atoms with Gasteiger partial charge in [0, 0.05) is 6.42 Å². The Labute approximate surface area is 194 Å². The number of ketones is 1. The Hall–Kier alpha value is -0.860. The Bertz CT molecular complexity index is 422. The Kier molecular flexibility index (Phi) is 20.4. The summed E-state index contributed by atoms with van der Waals surface area (Å²) in [4.78, 5) is 23.4. The standard InChI is InChI=1S/C28H54O3/c1-5-6-7-8-9-10-11-12-13-14-15-16-17-18-19-20-21-22-23-24-26(29)25-27(30)31-28(2,3)4/h5-25H2,1-4H3. The van der Waals surface area contributed by atoms with Crippen molar-refractivity contribution in [3.63, 3.8) is 0 Å². The zero-order valence-corrected chi connectivity index (χ0v) is 21.6. The van der Waals surface area contributed by atoms with Gasteiger partial charge in [0.1, 0.15) is 17.8 Å². The van der Waals surface area contributed by atoms with E-state index in [1.54, 1.807) is 0 Å². The fraction of sp³-hybridized carbons (Fsp3) is 0.929. The highest BCUT2D eigenvalue weighted by atomic mass is 16.6. The van der Waals surface area contributed by atoms with Crippen LogP contribution in [-0.2, 0) is 14.3 Å². The van der Waals surface area contributed by atoms with Gasteiger partial charge in [-0.15, -0.1) is 0 Å². The molecule has 0 aliphatic heterocycles. The van der Waals surface area contributed by atoms with E-state index in [-0.39, 0.29) is 12.2 Å². The molecule has 0 aromatic heterocycles. The van der Waals surface area contributed by atoms with Crippen molar-refractivity contribution in [3.05, 3.63) is 0 Å². The number of rotatable bonds is 22. The molecular weight excluding hydrogens is 384 g/mol. The molecule has 0 fully saturated rings. The maximum atomic E-state index is 11.8. The summed E-state index contributed by atoms with van der Waals surface area (Å²) >= 11 is 0. The van der Waals surface area contributed by atoms with E-state index in [4.69, 9.17) is 4.74 Å². The van der Waals surface area contributed by atoms with E-state index < -0.39 is 11.6 Å². The topological polar surface area (TPSA) is 43.4 Å². The molecule has 3 heteroatoms. The van der Waals surface area contributed by atoms with Crippen molar-refractivity contribution in [2.45, 2.75) is 168 Å². The van der Waals surface area contributed by atoms with Crippen molar-refractivity contribution in [2.24, 2.45) is 0 Å². The van der Waals surface area contributed by atoms with E-state index in [9.17, 15) is 9.59 Å². The first-order valence-corrected chi connectivity index (χ1v) is 13.6. The molecule has 0 aliphatic carbocycles. The van der Waals surface area contributed by atoms with Gasteiger partial charge in [0.2, 0.25) is 0 Å². The van der Waals surface area contributed by atoms with Crippen LogP contribution in [0.1, 0.15) is 163 Å². The molecule has 0 aliphatic rings. The molecule has 3 nitrogen and oxygen atoms in total. The number of carbonyl (C=O) groups is 2. The zero-order valence-electron chi connectivity index (χ0n) is 21.6. The second kappa shape index (κ2) is 21.0. The van der Waals surface area contributed by atoms with Crippen LogP contribution in [-0.4, -0.2) is 17.4 Å². The van der Waals surface area contributed by atoms with E-state index in [1.165, 1.54) is 109 Å². The fourth-order valence-corrected chi connectivity index (χ4v) is 4.03. The van der Waals surface area contributed by atoms with Crippen LogP contribution in [0.25, 0.3) is 0 Å². The lowest BCUT2D eigenvalue weighted by molar-refractivity contribution is -0.156. The Morgan fingerprint density at radius 3 is 1.19 bits per heavy atom. The quantitative estimate of drug-likeness (QED) is 0.0961. The summed E-state index contributed by atoms with van der Waals surface area (Å²) in [5.41, 5.74) is -0.509. The number of hydrogen-bond acceptors (Lipinski definition) is 3. The summed E-state index contributed by atoms with van der Waals surface area (Å²) in [6.07, 6.45) is 26.1. The summed E-state index contributed by atoms with van der Waals surface area (Å²) in [6, 6.07) is 0. The lowest BCUT2D eigenvalue weighted by atomic mass is 10.0. The minimum Gasteiger partial charge on any atom is -0.460 e. The van der Waals surface area contributed by atoms with Gasteiger partial charge in [-0.3, -0.25) is 9.59 Å². The van der Waals surface area contributed by atoms with Gasteiger partial charge in [0.25, 0.3) is 0 Å². The average molecular weight is 439 g/mol. The van der Waals surface area contributed by atoms with E-state index in [0.29, 0.717) is 6.42 Å². The molecule has 0 aromatic rings. The maximum absolute atomic E-state index is 11.8. The maximum Gasteiger partial charge on any atom is 0.313 e. The minimum absolute atomic E-state index is 0.0150. The van der Waals surface area contributed by atoms with Gasteiger partial charge in [0.05, 0.1) is 0 Å². The van der Waals surface area contributed by atoms with Crippen molar-refractivity contribution in [3.8, 4) is 0 Å². The minimum atomic E-state index is -0.509. The van der Waals surface area contributed by atoms with Gasteiger partial charge in [-0.2, -0.15) is 0 Å². The van der Waals surface area contributed by atoms with Crippen LogP contribution in [0.15, 0.2) is 0 Å². The lowest BCUT2D eigenvalue weighted by Gasteiger charge is -2.19. The van der Waals surface area contributed by atoms with Crippen LogP contribution in [0, 0.1) is 0 Å². The highest BCUT2D eigenvalue weighted by Gasteiger charge is 2.18. The van der Waals surface area contributed by atoms with E-state index in [1.807, 2.05) is 20.8 Å². The molecule has 0 rings (SSSR count). The Balaban J connectivity index is 3.23. The molecule has 0 bridgehead atoms. The van der Waals surface area contributed by atoms with Crippen molar-refractivity contribution in [1.29, 1.82) is 0 Å². The molecule has 0 spiro atoms. The Morgan fingerprint density at radius 2 is 0.871 bits per heavy atom. The first-order valence-electron chi connectivity index (χ1n) is 13.6. The van der Waals surface area contributed by atoms with Gasteiger partial charge in [-0.25, -0.2) is 0 Å². The molecule has 0 atom stereocenters. The van der Waals surface area contributed by atoms with E-state index in [0.717, 1.165) is 12.8 Å².